The first-order chi connectivity index (χ1) is 9.04. The summed E-state index contributed by atoms with van der Waals surface area (Å²) in [6.45, 7) is 8.66. The molecule has 1 rings (SSSR count). The summed E-state index contributed by atoms with van der Waals surface area (Å²) in [6.07, 6.45) is 1.15. The van der Waals surface area contributed by atoms with Gasteiger partial charge in [-0.1, -0.05) is 52.0 Å². The predicted molar refractivity (Wildman–Crippen MR) is 80.9 cm³/mol. The maximum Gasteiger partial charge on any atom is 0.0681 e. The zero-order valence-corrected chi connectivity index (χ0v) is 12.8. The van der Waals surface area contributed by atoms with Crippen LogP contribution in [0.4, 0.5) is 0 Å². The minimum absolute atomic E-state index is 0.000511. The second kappa shape index (κ2) is 7.31. The summed E-state index contributed by atoms with van der Waals surface area (Å²) in [5.41, 5.74) is 2.58. The molecule has 104 valence electrons. The van der Waals surface area contributed by atoms with Crippen molar-refractivity contribution in [1.29, 1.82) is 5.26 Å². The number of hydrogen-bond donors (Lipinski definition) is 1. The van der Waals surface area contributed by atoms with Crippen molar-refractivity contribution in [2.24, 2.45) is 11.8 Å². The predicted octanol–water partition coefficient (Wildman–Crippen LogP) is 4.26. The van der Waals surface area contributed by atoms with Crippen LogP contribution in [0.1, 0.15) is 57.2 Å². The molecule has 0 radical (unpaired) electrons. The summed E-state index contributed by atoms with van der Waals surface area (Å²) >= 11 is 0. The van der Waals surface area contributed by atoms with E-state index >= 15 is 0 Å². The molecule has 2 heteroatoms. The molecule has 2 nitrogen and oxygen atoms in total. The maximum atomic E-state index is 9.35. The molecule has 0 heterocycles. The molecule has 1 N–H and O–H groups in total. The molecule has 0 bridgehead atoms. The van der Waals surface area contributed by atoms with Crippen molar-refractivity contribution in [3.05, 3.63) is 35.4 Å². The molecule has 0 aliphatic rings. The van der Waals surface area contributed by atoms with Gasteiger partial charge in [-0.3, -0.25) is 0 Å². The number of nitriles is 1. The number of hydrogen-bond acceptors (Lipinski definition) is 2. The van der Waals surface area contributed by atoms with Crippen LogP contribution in [0.25, 0.3) is 0 Å². The van der Waals surface area contributed by atoms with E-state index in [-0.39, 0.29) is 12.0 Å². The Morgan fingerprint density at radius 3 is 2.00 bits per heavy atom. The lowest BCUT2D eigenvalue weighted by atomic mass is 9.85. The average molecular weight is 258 g/mol. The molecule has 1 aromatic rings. The topological polar surface area (TPSA) is 35.8 Å². The largest absolute Gasteiger partial charge is 0.312 e. The van der Waals surface area contributed by atoms with Gasteiger partial charge in [0.15, 0.2) is 0 Å². The molecule has 3 atom stereocenters. The molecule has 3 unspecified atom stereocenters. The minimum atomic E-state index is -0.000511. The monoisotopic (exact) mass is 258 g/mol. The summed E-state index contributed by atoms with van der Waals surface area (Å²) in [4.78, 5) is 0. The van der Waals surface area contributed by atoms with Gasteiger partial charge in [0.1, 0.15) is 0 Å². The van der Waals surface area contributed by atoms with Crippen LogP contribution in [0.15, 0.2) is 24.3 Å². The van der Waals surface area contributed by atoms with Gasteiger partial charge >= 0.3 is 0 Å². The van der Waals surface area contributed by atoms with Crippen LogP contribution in [-0.4, -0.2) is 7.05 Å². The van der Waals surface area contributed by atoms with Crippen LogP contribution in [-0.2, 0) is 0 Å². The second-order valence-corrected chi connectivity index (χ2v) is 5.64. The Labute approximate surface area is 117 Å². The number of rotatable bonds is 6. The fraction of sp³-hybridized carbons (Fsp3) is 0.588. The number of benzene rings is 1. The summed E-state index contributed by atoms with van der Waals surface area (Å²) < 4.78 is 0. The lowest BCUT2D eigenvalue weighted by molar-refractivity contribution is 0.363. The Morgan fingerprint density at radius 1 is 1.11 bits per heavy atom. The zero-order chi connectivity index (χ0) is 14.4. The third kappa shape index (κ3) is 3.81. The Balaban J connectivity index is 2.97. The molecular formula is C17H26N2. The number of nitrogens with one attached hydrogen (secondary N) is 1. The molecule has 0 aliphatic carbocycles. The summed E-state index contributed by atoms with van der Waals surface area (Å²) in [7, 11) is 1.93. The third-order valence-electron chi connectivity index (χ3n) is 4.01. The highest BCUT2D eigenvalue weighted by Crippen LogP contribution is 2.28. The fourth-order valence-electron chi connectivity index (χ4n) is 2.43. The maximum absolute atomic E-state index is 9.35. The Kier molecular flexibility index (Phi) is 6.05. The minimum Gasteiger partial charge on any atom is -0.312 e. The van der Waals surface area contributed by atoms with E-state index in [1.165, 1.54) is 11.1 Å². The molecule has 0 aromatic heterocycles. The molecule has 0 amide bonds. The van der Waals surface area contributed by atoms with Crippen molar-refractivity contribution >= 4 is 0 Å². The molecule has 0 spiro atoms. The van der Waals surface area contributed by atoms with E-state index < -0.39 is 0 Å². The van der Waals surface area contributed by atoms with Gasteiger partial charge < -0.3 is 5.32 Å². The van der Waals surface area contributed by atoms with Gasteiger partial charge in [0, 0.05) is 6.04 Å². The Hall–Kier alpha value is -1.33. The molecule has 0 aliphatic heterocycles. The van der Waals surface area contributed by atoms with E-state index in [0.29, 0.717) is 11.8 Å². The lowest BCUT2D eigenvalue weighted by Gasteiger charge is -2.25. The van der Waals surface area contributed by atoms with Crippen molar-refractivity contribution in [3.8, 4) is 6.07 Å². The highest BCUT2D eigenvalue weighted by Gasteiger charge is 2.24. The van der Waals surface area contributed by atoms with E-state index in [1.807, 2.05) is 7.05 Å². The van der Waals surface area contributed by atoms with Gasteiger partial charge in [0.05, 0.1) is 12.0 Å². The van der Waals surface area contributed by atoms with E-state index in [9.17, 15) is 5.26 Å². The average Bonchev–Trinajstić information content (AvgIpc) is 2.43. The lowest BCUT2D eigenvalue weighted by Crippen LogP contribution is -2.27. The first-order valence-electron chi connectivity index (χ1n) is 7.21. The first-order valence-corrected chi connectivity index (χ1v) is 7.21. The van der Waals surface area contributed by atoms with Gasteiger partial charge in [0.2, 0.25) is 0 Å². The van der Waals surface area contributed by atoms with E-state index in [1.54, 1.807) is 0 Å². The SMILES string of the molecule is CCC(C)c1ccc(C(NC)C(C#N)C(C)C)cc1. The van der Waals surface area contributed by atoms with Crippen LogP contribution in [0.5, 0.6) is 0 Å². The highest BCUT2D eigenvalue weighted by atomic mass is 14.9. The first kappa shape index (κ1) is 15.7. The van der Waals surface area contributed by atoms with E-state index in [0.717, 1.165) is 6.42 Å². The van der Waals surface area contributed by atoms with Gasteiger partial charge in [-0.05, 0) is 36.4 Å². The molecule has 0 fully saturated rings. The van der Waals surface area contributed by atoms with Gasteiger partial charge in [-0.25, -0.2) is 0 Å². The summed E-state index contributed by atoms with van der Waals surface area (Å²) in [6, 6.07) is 11.3. The third-order valence-corrected chi connectivity index (χ3v) is 4.01. The summed E-state index contributed by atoms with van der Waals surface area (Å²) in [5.74, 6) is 0.940. The van der Waals surface area contributed by atoms with Gasteiger partial charge in [-0.2, -0.15) is 5.26 Å². The van der Waals surface area contributed by atoms with E-state index in [2.05, 4.69) is 63.3 Å². The molecule has 0 saturated heterocycles. The van der Waals surface area contributed by atoms with Crippen molar-refractivity contribution in [2.45, 2.75) is 46.1 Å². The normalized spacial score (nSPS) is 15.8. The highest BCUT2D eigenvalue weighted by molar-refractivity contribution is 5.28. The van der Waals surface area contributed by atoms with Crippen molar-refractivity contribution < 1.29 is 0 Å². The van der Waals surface area contributed by atoms with Crippen molar-refractivity contribution in [3.63, 3.8) is 0 Å². The zero-order valence-electron chi connectivity index (χ0n) is 12.8. The van der Waals surface area contributed by atoms with Crippen LogP contribution in [0, 0.1) is 23.2 Å². The van der Waals surface area contributed by atoms with Crippen LogP contribution >= 0.6 is 0 Å². The molecular weight excluding hydrogens is 232 g/mol. The van der Waals surface area contributed by atoms with Crippen molar-refractivity contribution in [1.82, 2.24) is 5.32 Å². The molecule has 19 heavy (non-hydrogen) atoms. The van der Waals surface area contributed by atoms with Gasteiger partial charge in [0.25, 0.3) is 0 Å². The standard InChI is InChI=1S/C17H26N2/c1-6-13(4)14-7-9-15(10-8-14)17(19-5)16(11-18)12(2)3/h7-10,12-13,16-17,19H,6H2,1-5H3. The quantitative estimate of drug-likeness (QED) is 0.827. The molecule has 0 saturated carbocycles. The van der Waals surface area contributed by atoms with Crippen LogP contribution < -0.4 is 5.32 Å². The fourth-order valence-corrected chi connectivity index (χ4v) is 2.43. The van der Waals surface area contributed by atoms with Crippen LogP contribution in [0.2, 0.25) is 0 Å². The Morgan fingerprint density at radius 2 is 1.63 bits per heavy atom. The second-order valence-electron chi connectivity index (χ2n) is 5.64. The summed E-state index contributed by atoms with van der Waals surface area (Å²) in [5, 5.41) is 12.6. The van der Waals surface area contributed by atoms with E-state index in [4.69, 9.17) is 0 Å². The van der Waals surface area contributed by atoms with Gasteiger partial charge in [-0.15, -0.1) is 0 Å². The number of nitrogens with zero attached hydrogens (tertiary/aromatic N) is 1. The smallest absolute Gasteiger partial charge is 0.0681 e. The Bertz CT molecular complexity index is 414. The van der Waals surface area contributed by atoms with Crippen molar-refractivity contribution in [2.75, 3.05) is 7.05 Å². The molecule has 1 aromatic carbocycles. The van der Waals surface area contributed by atoms with Crippen LogP contribution in [0.3, 0.4) is 0 Å².